The highest BCUT2D eigenvalue weighted by Crippen LogP contribution is 2.73. The predicted octanol–water partition coefficient (Wildman–Crippen LogP) is 12.5. The second-order valence-corrected chi connectivity index (χ2v) is 15.1. The van der Waals surface area contributed by atoms with Gasteiger partial charge in [-0.25, -0.2) is 0 Å². The van der Waals surface area contributed by atoms with Crippen LogP contribution in [-0.2, 0) is 0 Å². The molecule has 1 aliphatic rings. The molecule has 10 rings (SSSR count). The number of benzene rings is 8. The van der Waals surface area contributed by atoms with Crippen molar-refractivity contribution in [3.05, 3.63) is 175 Å². The zero-order valence-electron chi connectivity index (χ0n) is 25.1. The van der Waals surface area contributed by atoms with Crippen molar-refractivity contribution in [2.45, 2.75) is 14.7 Å². The van der Waals surface area contributed by atoms with Gasteiger partial charge in [0.05, 0.1) is 16.7 Å². The lowest BCUT2D eigenvalue weighted by atomic mass is 9.96. The fourth-order valence-electron chi connectivity index (χ4n) is 7.92. The van der Waals surface area contributed by atoms with Crippen LogP contribution in [0, 0.1) is 0 Å². The largest absolute Gasteiger partial charge is 0.307 e. The zero-order chi connectivity index (χ0) is 30.2. The van der Waals surface area contributed by atoms with Gasteiger partial charge in [-0.05, 0) is 69.4 Å². The van der Waals surface area contributed by atoms with Gasteiger partial charge in [-0.2, -0.15) is 0 Å². The Morgan fingerprint density at radius 2 is 0.957 bits per heavy atom. The molecule has 0 bridgehead atoms. The first-order chi connectivity index (χ1) is 22.8. The van der Waals surface area contributed by atoms with Crippen LogP contribution in [0.15, 0.2) is 184 Å². The smallest absolute Gasteiger partial charge is 0.0626 e. The van der Waals surface area contributed by atoms with Crippen LogP contribution in [0.25, 0.3) is 65.9 Å². The first-order valence-electron chi connectivity index (χ1n) is 15.8. The second-order valence-electron chi connectivity index (χ2n) is 12.1. The van der Waals surface area contributed by atoms with Crippen molar-refractivity contribution in [2.24, 2.45) is 0 Å². The van der Waals surface area contributed by atoms with E-state index >= 15 is 0 Å². The van der Waals surface area contributed by atoms with E-state index in [4.69, 9.17) is 0 Å². The number of hydrogen-bond acceptors (Lipinski definition) is 0. The van der Waals surface area contributed by atoms with Crippen molar-refractivity contribution in [3.8, 4) is 5.69 Å². The topological polar surface area (TPSA) is 4.93 Å². The summed E-state index contributed by atoms with van der Waals surface area (Å²) in [5.74, 6) is 0. The monoisotopic (exact) mass is 603 g/mol. The molecule has 2 heteroatoms. The fraction of sp³-hybridized carbons (Fsp3) is 0. The lowest BCUT2D eigenvalue weighted by Crippen LogP contribution is -2.01. The van der Waals surface area contributed by atoms with Crippen molar-refractivity contribution in [1.29, 1.82) is 0 Å². The third kappa shape index (κ3) is 3.37. The van der Waals surface area contributed by atoms with Crippen molar-refractivity contribution >= 4 is 70.2 Å². The van der Waals surface area contributed by atoms with Gasteiger partial charge < -0.3 is 4.57 Å². The SMILES string of the molecule is C1=CS(c2ccccc2)(c2ccccc2)c2ccc3c4c5ccccc5c5ccccc5c4n(-c4cccc5ccccc45)c3c21. The van der Waals surface area contributed by atoms with E-state index in [-0.39, 0.29) is 0 Å². The predicted molar refractivity (Wildman–Crippen MR) is 198 cm³/mol. The Bertz CT molecular complexity index is 2640. The van der Waals surface area contributed by atoms with Gasteiger partial charge in [0, 0.05) is 41.8 Å². The maximum Gasteiger partial charge on any atom is 0.0626 e. The van der Waals surface area contributed by atoms with E-state index < -0.39 is 10.0 Å². The average molecular weight is 604 g/mol. The highest BCUT2D eigenvalue weighted by molar-refractivity contribution is 8.36. The summed E-state index contributed by atoms with van der Waals surface area (Å²) in [4.78, 5) is 4.12. The molecule has 0 saturated carbocycles. The molecule has 2 heterocycles. The molecular formula is C44H29NS. The molecule has 1 aliphatic heterocycles. The van der Waals surface area contributed by atoms with E-state index in [0.29, 0.717) is 0 Å². The Morgan fingerprint density at radius 1 is 0.391 bits per heavy atom. The zero-order valence-corrected chi connectivity index (χ0v) is 25.9. The summed E-state index contributed by atoms with van der Waals surface area (Å²) in [5.41, 5.74) is 5.09. The van der Waals surface area contributed by atoms with Crippen LogP contribution in [0.4, 0.5) is 0 Å². The summed E-state index contributed by atoms with van der Waals surface area (Å²) in [6.07, 6.45) is 2.43. The van der Waals surface area contributed by atoms with Gasteiger partial charge in [0.25, 0.3) is 0 Å². The van der Waals surface area contributed by atoms with E-state index in [1.165, 1.54) is 80.1 Å². The second kappa shape index (κ2) is 9.71. The summed E-state index contributed by atoms with van der Waals surface area (Å²) in [6, 6.07) is 60.5. The Kier molecular flexibility index (Phi) is 5.43. The molecule has 1 nitrogen and oxygen atoms in total. The molecule has 0 N–H and O–H groups in total. The fourth-order valence-corrected chi connectivity index (χ4v) is 11.5. The first-order valence-corrected chi connectivity index (χ1v) is 17.5. The normalized spacial score (nSPS) is 14.4. The van der Waals surface area contributed by atoms with Gasteiger partial charge in [-0.15, -0.1) is 10.0 Å². The average Bonchev–Trinajstić information content (AvgIpc) is 3.70. The van der Waals surface area contributed by atoms with Crippen molar-refractivity contribution in [3.63, 3.8) is 0 Å². The van der Waals surface area contributed by atoms with E-state index in [2.05, 4.69) is 180 Å². The van der Waals surface area contributed by atoms with Crippen LogP contribution in [0.5, 0.6) is 0 Å². The van der Waals surface area contributed by atoms with Crippen molar-refractivity contribution in [2.75, 3.05) is 0 Å². The van der Waals surface area contributed by atoms with Crippen LogP contribution in [0.3, 0.4) is 0 Å². The number of hydrogen-bond donors (Lipinski definition) is 0. The molecule has 0 spiro atoms. The van der Waals surface area contributed by atoms with E-state index in [1.54, 1.807) is 0 Å². The minimum absolute atomic E-state index is 1.22. The molecule has 0 saturated heterocycles. The van der Waals surface area contributed by atoms with Gasteiger partial charge in [-0.3, -0.25) is 0 Å². The van der Waals surface area contributed by atoms with Gasteiger partial charge in [-0.1, -0.05) is 127 Å². The van der Waals surface area contributed by atoms with Crippen molar-refractivity contribution in [1.82, 2.24) is 4.57 Å². The summed E-state index contributed by atoms with van der Waals surface area (Å²) >= 11 is 0. The van der Waals surface area contributed by atoms with E-state index in [1.807, 2.05) is 0 Å². The minimum atomic E-state index is -1.63. The minimum Gasteiger partial charge on any atom is -0.307 e. The third-order valence-corrected chi connectivity index (χ3v) is 13.4. The quantitative estimate of drug-likeness (QED) is 0.177. The maximum absolute atomic E-state index is 2.59. The summed E-state index contributed by atoms with van der Waals surface area (Å²) < 4.78 is 2.59. The number of fused-ring (bicyclic) bond motifs is 11. The maximum atomic E-state index is 2.59. The Morgan fingerprint density at radius 3 is 1.67 bits per heavy atom. The summed E-state index contributed by atoms with van der Waals surface area (Å²) in [7, 11) is -1.63. The highest BCUT2D eigenvalue weighted by atomic mass is 32.3. The van der Waals surface area contributed by atoms with E-state index in [9.17, 15) is 0 Å². The number of rotatable bonds is 3. The number of aromatic nitrogens is 1. The summed E-state index contributed by atoms with van der Waals surface area (Å²) in [6.45, 7) is 0. The molecule has 9 aromatic rings. The van der Waals surface area contributed by atoms with Crippen LogP contribution in [0.1, 0.15) is 5.56 Å². The summed E-state index contributed by atoms with van der Waals surface area (Å²) in [5, 5.41) is 12.8. The van der Waals surface area contributed by atoms with Gasteiger partial charge in [0.15, 0.2) is 0 Å². The van der Waals surface area contributed by atoms with Gasteiger partial charge in [0.1, 0.15) is 0 Å². The molecule has 0 aliphatic carbocycles. The van der Waals surface area contributed by atoms with Crippen LogP contribution in [0.2, 0.25) is 0 Å². The van der Waals surface area contributed by atoms with E-state index in [0.717, 1.165) is 0 Å². The van der Waals surface area contributed by atoms with Crippen molar-refractivity contribution < 1.29 is 0 Å². The first kappa shape index (κ1) is 25.7. The molecule has 0 radical (unpaired) electrons. The Balaban J connectivity index is 1.46. The molecule has 216 valence electrons. The Hall–Kier alpha value is -5.57. The Labute approximate surface area is 269 Å². The third-order valence-electron chi connectivity index (χ3n) is 9.82. The molecule has 1 aromatic heterocycles. The van der Waals surface area contributed by atoms with Gasteiger partial charge >= 0.3 is 0 Å². The highest BCUT2D eigenvalue weighted by Gasteiger charge is 2.36. The molecule has 0 fully saturated rings. The molecular weight excluding hydrogens is 575 g/mol. The molecule has 0 atom stereocenters. The number of nitrogens with zero attached hydrogens (tertiary/aromatic N) is 1. The lowest BCUT2D eigenvalue weighted by Gasteiger charge is -2.36. The molecule has 46 heavy (non-hydrogen) atoms. The lowest BCUT2D eigenvalue weighted by molar-refractivity contribution is 1.19. The van der Waals surface area contributed by atoms with Gasteiger partial charge in [0.2, 0.25) is 0 Å². The van der Waals surface area contributed by atoms with Crippen LogP contribution >= 0.6 is 10.0 Å². The molecule has 8 aromatic carbocycles. The van der Waals surface area contributed by atoms with Crippen LogP contribution < -0.4 is 0 Å². The molecule has 0 unspecified atom stereocenters. The molecule has 0 amide bonds. The standard InChI is InChI=1S/C44H29NS/c1-3-16-31(17-4-1)46(32-18-5-2-6-19-32)29-28-38-41(46)27-26-39-42-36-23-11-9-21-34(36)35-22-10-12-24-37(35)44(42)45(43(38)39)40-25-13-15-30-14-7-8-20-33(30)40/h1-29H. The van der Waals surface area contributed by atoms with Crippen LogP contribution in [-0.4, -0.2) is 4.57 Å².